The van der Waals surface area contributed by atoms with Gasteiger partial charge in [-0.05, 0) is 44.5 Å². The molecule has 0 aliphatic heterocycles. The van der Waals surface area contributed by atoms with E-state index in [4.69, 9.17) is 4.74 Å². The standard InChI is InChI=1S/C20H19N3O5/c1-4-22-18-9-8-15(11-17(18)21-12(2)19(22)24)20(25)28-13(3)14-6-5-7-16(10-14)23(26)27/h5-11,13H,4H2,1-3H3/t13-/m0/s1. The highest BCUT2D eigenvalue weighted by Gasteiger charge is 2.17. The molecule has 8 heteroatoms. The summed E-state index contributed by atoms with van der Waals surface area (Å²) in [5.41, 5.74) is 2.10. The highest BCUT2D eigenvalue weighted by atomic mass is 16.6. The molecule has 8 nitrogen and oxygen atoms in total. The van der Waals surface area contributed by atoms with Crippen LogP contribution in [-0.4, -0.2) is 20.4 Å². The molecule has 2 aromatic carbocycles. The molecular formula is C20H19N3O5. The Bertz CT molecular complexity index is 1140. The van der Waals surface area contributed by atoms with E-state index in [1.807, 2.05) is 6.92 Å². The number of hydrogen-bond acceptors (Lipinski definition) is 6. The van der Waals surface area contributed by atoms with Crippen molar-refractivity contribution in [3.05, 3.63) is 79.8 Å². The quantitative estimate of drug-likeness (QED) is 0.380. The molecule has 28 heavy (non-hydrogen) atoms. The van der Waals surface area contributed by atoms with Crippen LogP contribution in [0.2, 0.25) is 0 Å². The third-order valence-corrected chi connectivity index (χ3v) is 4.50. The van der Waals surface area contributed by atoms with Crippen LogP contribution in [0.5, 0.6) is 0 Å². The summed E-state index contributed by atoms with van der Waals surface area (Å²) in [5.74, 6) is -0.574. The lowest BCUT2D eigenvalue weighted by Crippen LogP contribution is -2.23. The number of nitro groups is 1. The van der Waals surface area contributed by atoms with Crippen LogP contribution in [0.3, 0.4) is 0 Å². The number of fused-ring (bicyclic) bond motifs is 1. The van der Waals surface area contributed by atoms with E-state index in [0.717, 1.165) is 0 Å². The first-order valence-electron chi connectivity index (χ1n) is 8.78. The van der Waals surface area contributed by atoms with Gasteiger partial charge in [-0.3, -0.25) is 14.9 Å². The lowest BCUT2D eigenvalue weighted by molar-refractivity contribution is -0.385. The van der Waals surface area contributed by atoms with Gasteiger partial charge in [-0.1, -0.05) is 12.1 Å². The Labute approximate surface area is 160 Å². The summed E-state index contributed by atoms with van der Waals surface area (Å²) < 4.78 is 7.05. The zero-order chi connectivity index (χ0) is 20.4. The van der Waals surface area contributed by atoms with Gasteiger partial charge in [0.1, 0.15) is 11.8 Å². The second-order valence-electron chi connectivity index (χ2n) is 6.35. The van der Waals surface area contributed by atoms with Crippen LogP contribution in [0.1, 0.15) is 41.6 Å². The molecule has 0 N–H and O–H groups in total. The summed E-state index contributed by atoms with van der Waals surface area (Å²) in [4.78, 5) is 39.4. The highest BCUT2D eigenvalue weighted by molar-refractivity contribution is 5.93. The largest absolute Gasteiger partial charge is 0.454 e. The SMILES string of the molecule is CCn1c(=O)c(C)nc2cc(C(=O)O[C@@H](C)c3cccc([N+](=O)[O-])c3)ccc21. The van der Waals surface area contributed by atoms with Crippen molar-refractivity contribution in [2.75, 3.05) is 0 Å². The number of esters is 1. The van der Waals surface area contributed by atoms with Crippen molar-refractivity contribution >= 4 is 22.7 Å². The first-order valence-corrected chi connectivity index (χ1v) is 8.78. The molecule has 0 radical (unpaired) electrons. The number of nitro benzene ring substituents is 1. The maximum Gasteiger partial charge on any atom is 0.338 e. The van der Waals surface area contributed by atoms with Crippen LogP contribution in [0.15, 0.2) is 47.3 Å². The second-order valence-corrected chi connectivity index (χ2v) is 6.35. The van der Waals surface area contributed by atoms with E-state index in [-0.39, 0.29) is 16.8 Å². The molecule has 0 aliphatic rings. The van der Waals surface area contributed by atoms with Crippen LogP contribution in [-0.2, 0) is 11.3 Å². The second kappa shape index (κ2) is 7.59. The predicted molar refractivity (Wildman–Crippen MR) is 103 cm³/mol. The molecule has 0 spiro atoms. The molecule has 0 aliphatic carbocycles. The molecule has 0 saturated carbocycles. The maximum absolute atomic E-state index is 12.5. The number of aromatic nitrogens is 2. The Kier molecular flexibility index (Phi) is 5.21. The fourth-order valence-corrected chi connectivity index (χ4v) is 3.00. The monoisotopic (exact) mass is 381 g/mol. The molecule has 3 rings (SSSR count). The van der Waals surface area contributed by atoms with Crippen LogP contribution in [0.4, 0.5) is 5.69 Å². The van der Waals surface area contributed by atoms with Gasteiger partial charge in [-0.15, -0.1) is 0 Å². The first kappa shape index (κ1) is 19.2. The first-order chi connectivity index (χ1) is 13.3. The van der Waals surface area contributed by atoms with E-state index < -0.39 is 17.0 Å². The Hall–Kier alpha value is -3.55. The van der Waals surface area contributed by atoms with Gasteiger partial charge in [-0.2, -0.15) is 0 Å². The Balaban J connectivity index is 1.89. The van der Waals surface area contributed by atoms with Crippen molar-refractivity contribution in [2.24, 2.45) is 0 Å². The maximum atomic E-state index is 12.5. The minimum atomic E-state index is -0.664. The van der Waals surface area contributed by atoms with E-state index in [0.29, 0.717) is 28.8 Å². The molecular weight excluding hydrogens is 362 g/mol. The van der Waals surface area contributed by atoms with E-state index in [1.54, 1.807) is 48.7 Å². The van der Waals surface area contributed by atoms with Gasteiger partial charge in [0.2, 0.25) is 0 Å². The van der Waals surface area contributed by atoms with E-state index in [9.17, 15) is 19.7 Å². The minimum absolute atomic E-state index is 0.0664. The van der Waals surface area contributed by atoms with Gasteiger partial charge < -0.3 is 9.30 Å². The molecule has 1 heterocycles. The summed E-state index contributed by atoms with van der Waals surface area (Å²) >= 11 is 0. The van der Waals surface area contributed by atoms with Crippen molar-refractivity contribution in [1.82, 2.24) is 9.55 Å². The zero-order valence-corrected chi connectivity index (χ0v) is 15.7. The van der Waals surface area contributed by atoms with E-state index >= 15 is 0 Å². The number of carbonyl (C=O) groups is 1. The van der Waals surface area contributed by atoms with Crippen LogP contribution < -0.4 is 5.56 Å². The number of aryl methyl sites for hydroxylation is 2. The smallest absolute Gasteiger partial charge is 0.338 e. The molecule has 144 valence electrons. The molecule has 0 saturated heterocycles. The fraction of sp³-hybridized carbons (Fsp3) is 0.250. The number of non-ortho nitro benzene ring substituents is 1. The Morgan fingerprint density at radius 2 is 2.04 bits per heavy atom. The molecule has 0 amide bonds. The summed E-state index contributed by atoms with van der Waals surface area (Å²) in [6.07, 6.45) is -0.664. The number of nitrogens with zero attached hydrogens (tertiary/aromatic N) is 3. The average Bonchev–Trinajstić information content (AvgIpc) is 2.68. The van der Waals surface area contributed by atoms with Gasteiger partial charge >= 0.3 is 5.97 Å². The number of rotatable bonds is 5. The van der Waals surface area contributed by atoms with Gasteiger partial charge in [0.05, 0.1) is 21.5 Å². The Morgan fingerprint density at radius 3 is 2.71 bits per heavy atom. The van der Waals surface area contributed by atoms with Crippen LogP contribution in [0.25, 0.3) is 11.0 Å². The Morgan fingerprint density at radius 1 is 1.29 bits per heavy atom. The van der Waals surface area contributed by atoms with Crippen molar-refractivity contribution < 1.29 is 14.5 Å². The zero-order valence-electron chi connectivity index (χ0n) is 15.7. The summed E-state index contributed by atoms with van der Waals surface area (Å²) in [5, 5.41) is 10.9. The summed E-state index contributed by atoms with van der Waals surface area (Å²) in [6.45, 7) is 5.63. The summed E-state index contributed by atoms with van der Waals surface area (Å²) in [7, 11) is 0. The normalized spacial score (nSPS) is 12.0. The molecule has 0 bridgehead atoms. The lowest BCUT2D eigenvalue weighted by Gasteiger charge is -2.14. The van der Waals surface area contributed by atoms with E-state index in [2.05, 4.69) is 4.98 Å². The summed E-state index contributed by atoms with van der Waals surface area (Å²) in [6, 6.07) is 10.8. The van der Waals surface area contributed by atoms with E-state index in [1.165, 1.54) is 12.1 Å². The molecule has 0 fully saturated rings. The van der Waals surface area contributed by atoms with Gasteiger partial charge in [0, 0.05) is 18.7 Å². The molecule has 3 aromatic rings. The van der Waals surface area contributed by atoms with Gasteiger partial charge in [-0.25, -0.2) is 9.78 Å². The fourth-order valence-electron chi connectivity index (χ4n) is 3.00. The highest BCUT2D eigenvalue weighted by Crippen LogP contribution is 2.23. The van der Waals surface area contributed by atoms with Crippen LogP contribution in [0, 0.1) is 17.0 Å². The van der Waals surface area contributed by atoms with Crippen molar-refractivity contribution in [2.45, 2.75) is 33.4 Å². The minimum Gasteiger partial charge on any atom is -0.454 e. The van der Waals surface area contributed by atoms with Gasteiger partial charge in [0.15, 0.2) is 0 Å². The van der Waals surface area contributed by atoms with Crippen molar-refractivity contribution in [3.63, 3.8) is 0 Å². The predicted octanol–water partition coefficient (Wildman–Crippen LogP) is 3.55. The third-order valence-electron chi connectivity index (χ3n) is 4.50. The average molecular weight is 381 g/mol. The van der Waals surface area contributed by atoms with Gasteiger partial charge in [0.25, 0.3) is 11.2 Å². The number of carbonyl (C=O) groups excluding carboxylic acids is 1. The lowest BCUT2D eigenvalue weighted by atomic mass is 10.1. The molecule has 0 unspecified atom stereocenters. The molecule has 1 aromatic heterocycles. The number of hydrogen-bond donors (Lipinski definition) is 0. The number of benzene rings is 2. The van der Waals surface area contributed by atoms with Crippen molar-refractivity contribution in [3.8, 4) is 0 Å². The third kappa shape index (κ3) is 3.62. The topological polar surface area (TPSA) is 104 Å². The van der Waals surface area contributed by atoms with Crippen LogP contribution >= 0.6 is 0 Å². The molecule has 1 atom stereocenters. The van der Waals surface area contributed by atoms with Crippen molar-refractivity contribution in [1.29, 1.82) is 0 Å². The number of ether oxygens (including phenoxy) is 1.